The van der Waals surface area contributed by atoms with Gasteiger partial charge in [-0.3, -0.25) is 19.2 Å². The number of carbonyl (C=O) groups is 4. The Labute approximate surface area is 272 Å². The number of amides is 2. The van der Waals surface area contributed by atoms with Crippen LogP contribution in [-0.4, -0.2) is 23.4 Å². The first kappa shape index (κ1) is 42.3. The Morgan fingerprint density at radius 3 is 0.523 bits per heavy atom. The number of primary amides is 2. The zero-order valence-electron chi connectivity index (χ0n) is 28.8. The van der Waals surface area contributed by atoms with Gasteiger partial charge in [0.15, 0.2) is 11.6 Å². The molecule has 0 aromatic heterocycles. The summed E-state index contributed by atoms with van der Waals surface area (Å²) in [6, 6.07) is 0. The highest BCUT2D eigenvalue weighted by molar-refractivity contribution is 6.37. The van der Waals surface area contributed by atoms with E-state index in [1.807, 2.05) is 0 Å². The van der Waals surface area contributed by atoms with Crippen molar-refractivity contribution in [3.05, 3.63) is 0 Å². The Hall–Kier alpha value is -1.72. The zero-order chi connectivity index (χ0) is 32.4. The predicted molar refractivity (Wildman–Crippen MR) is 185 cm³/mol. The van der Waals surface area contributed by atoms with Gasteiger partial charge in [-0.15, -0.1) is 0 Å². The van der Waals surface area contributed by atoms with E-state index in [0.29, 0.717) is 25.7 Å². The van der Waals surface area contributed by atoms with Crippen LogP contribution in [0.3, 0.4) is 0 Å². The van der Waals surface area contributed by atoms with E-state index < -0.39 is 0 Å². The number of nitrogens with two attached hydrogens (primary N) is 2. The molecule has 6 heteroatoms. The fraction of sp³-hybridized carbons (Fsp3) is 0.895. The second-order valence-electron chi connectivity index (χ2n) is 13.4. The highest BCUT2D eigenvalue weighted by Crippen LogP contribution is 2.16. The van der Waals surface area contributed by atoms with Crippen molar-refractivity contribution in [1.29, 1.82) is 0 Å². The lowest BCUT2D eigenvalue weighted by atomic mass is 10.0. The van der Waals surface area contributed by atoms with E-state index in [9.17, 15) is 19.2 Å². The van der Waals surface area contributed by atoms with Crippen LogP contribution in [0, 0.1) is 0 Å². The highest BCUT2D eigenvalue weighted by atomic mass is 16.2. The van der Waals surface area contributed by atoms with Gasteiger partial charge in [0.2, 0.25) is 11.8 Å². The molecular weight excluding hydrogens is 548 g/mol. The topological polar surface area (TPSA) is 120 Å². The average Bonchev–Trinajstić information content (AvgIpc) is 2.99. The largest absolute Gasteiger partial charge is 0.370 e. The van der Waals surface area contributed by atoms with E-state index in [2.05, 4.69) is 0 Å². The van der Waals surface area contributed by atoms with Gasteiger partial charge in [0.05, 0.1) is 0 Å². The van der Waals surface area contributed by atoms with E-state index in [0.717, 1.165) is 51.4 Å². The van der Waals surface area contributed by atoms with Crippen molar-refractivity contribution >= 4 is 23.4 Å². The molecule has 0 atom stereocenters. The molecule has 0 saturated carbocycles. The lowest BCUT2D eigenvalue weighted by Crippen LogP contribution is -2.13. The van der Waals surface area contributed by atoms with Crippen molar-refractivity contribution < 1.29 is 19.2 Å². The van der Waals surface area contributed by atoms with Gasteiger partial charge < -0.3 is 11.5 Å². The fourth-order valence-corrected chi connectivity index (χ4v) is 6.04. The minimum absolute atomic E-state index is 0.140. The number of carbonyl (C=O) groups excluding carboxylic acids is 4. The Bertz CT molecular complexity index is 636. The van der Waals surface area contributed by atoms with Gasteiger partial charge in [0.25, 0.3) is 0 Å². The van der Waals surface area contributed by atoms with Crippen LogP contribution >= 0.6 is 0 Å². The molecule has 2 amide bonds. The van der Waals surface area contributed by atoms with Crippen molar-refractivity contribution in [2.75, 3.05) is 0 Å². The van der Waals surface area contributed by atoms with Crippen molar-refractivity contribution in [2.45, 2.75) is 218 Å². The molecule has 0 aliphatic carbocycles. The number of unbranched alkanes of at least 4 members (excludes halogenated alkanes) is 28. The zero-order valence-corrected chi connectivity index (χ0v) is 28.8. The van der Waals surface area contributed by atoms with E-state index in [4.69, 9.17) is 11.5 Å². The summed E-state index contributed by atoms with van der Waals surface area (Å²) in [5.74, 6) is -0.637. The van der Waals surface area contributed by atoms with Crippen LogP contribution in [-0.2, 0) is 19.2 Å². The smallest absolute Gasteiger partial charge is 0.217 e. The lowest BCUT2D eigenvalue weighted by Gasteiger charge is -2.04. The summed E-state index contributed by atoms with van der Waals surface area (Å²) >= 11 is 0. The predicted octanol–water partition coefficient (Wildman–Crippen LogP) is 10.4. The van der Waals surface area contributed by atoms with Gasteiger partial charge in [-0.1, -0.05) is 167 Å². The number of rotatable bonds is 37. The van der Waals surface area contributed by atoms with Gasteiger partial charge >= 0.3 is 0 Å². The van der Waals surface area contributed by atoms with E-state index in [-0.39, 0.29) is 23.4 Å². The maximum Gasteiger partial charge on any atom is 0.217 e. The lowest BCUT2D eigenvalue weighted by molar-refractivity contribution is -0.136. The second kappa shape index (κ2) is 34.2. The summed E-state index contributed by atoms with van der Waals surface area (Å²) in [7, 11) is 0. The van der Waals surface area contributed by atoms with Crippen LogP contribution in [0.5, 0.6) is 0 Å². The van der Waals surface area contributed by atoms with Gasteiger partial charge in [-0.2, -0.15) is 0 Å². The standard InChI is InChI=1S/C38H72N2O4/c39-37(43)33-29-25-21-17-13-9-5-1-3-7-11-15-19-23-27-31-35(41)36(42)32-28-24-20-16-12-8-4-2-6-10-14-18-22-26-30-34-38(40)44/h1-34H2,(H2,39,43)(H2,40,44). The SMILES string of the molecule is NC(=O)CCCCCCCCCCCCCCCCCC(=O)C(=O)CCCCCCCCCCCCCCCCCC(N)=O. The molecule has 0 fully saturated rings. The molecule has 0 aliphatic heterocycles. The van der Waals surface area contributed by atoms with Gasteiger partial charge in [0.1, 0.15) is 0 Å². The third kappa shape index (κ3) is 34.8. The van der Waals surface area contributed by atoms with Crippen molar-refractivity contribution in [3.63, 3.8) is 0 Å². The molecule has 0 saturated heterocycles. The first-order chi connectivity index (χ1) is 21.4. The Kier molecular flexibility index (Phi) is 32.8. The van der Waals surface area contributed by atoms with Crippen LogP contribution in [0.2, 0.25) is 0 Å². The molecule has 0 aromatic rings. The first-order valence-electron chi connectivity index (χ1n) is 19.1. The van der Waals surface area contributed by atoms with Crippen LogP contribution in [0.15, 0.2) is 0 Å². The van der Waals surface area contributed by atoms with Crippen LogP contribution in [0.4, 0.5) is 0 Å². The molecule has 0 spiro atoms. The van der Waals surface area contributed by atoms with Gasteiger partial charge in [-0.25, -0.2) is 0 Å². The van der Waals surface area contributed by atoms with E-state index in [1.165, 1.54) is 141 Å². The molecule has 4 N–H and O–H groups in total. The number of Topliss-reactive ketones (excluding diaryl/α,β-unsaturated/α-hetero) is 2. The molecule has 0 rings (SSSR count). The molecule has 0 aromatic carbocycles. The summed E-state index contributed by atoms with van der Waals surface area (Å²) in [5.41, 5.74) is 10.3. The maximum atomic E-state index is 12.1. The van der Waals surface area contributed by atoms with Gasteiger partial charge in [0, 0.05) is 25.7 Å². The summed E-state index contributed by atoms with van der Waals surface area (Å²) in [4.78, 5) is 45.7. The van der Waals surface area contributed by atoms with Crippen molar-refractivity contribution in [3.8, 4) is 0 Å². The Morgan fingerprint density at radius 2 is 0.364 bits per heavy atom. The highest BCUT2D eigenvalue weighted by Gasteiger charge is 2.12. The summed E-state index contributed by atoms with van der Waals surface area (Å²) in [6.45, 7) is 0. The molecular formula is C38H72N2O4. The van der Waals surface area contributed by atoms with Crippen molar-refractivity contribution in [2.24, 2.45) is 11.5 Å². The third-order valence-electron chi connectivity index (χ3n) is 8.97. The van der Waals surface area contributed by atoms with Crippen LogP contribution in [0.1, 0.15) is 218 Å². The first-order valence-corrected chi connectivity index (χ1v) is 19.1. The Balaban J connectivity index is 3.28. The van der Waals surface area contributed by atoms with E-state index >= 15 is 0 Å². The minimum Gasteiger partial charge on any atom is -0.370 e. The third-order valence-corrected chi connectivity index (χ3v) is 8.97. The molecule has 0 radical (unpaired) electrons. The molecule has 44 heavy (non-hydrogen) atoms. The summed E-state index contributed by atoms with van der Waals surface area (Å²) in [6.07, 6.45) is 38.3. The quantitative estimate of drug-likeness (QED) is 0.0530. The minimum atomic E-state index is -0.178. The van der Waals surface area contributed by atoms with Crippen LogP contribution < -0.4 is 11.5 Å². The fourth-order valence-electron chi connectivity index (χ4n) is 6.04. The summed E-state index contributed by atoms with van der Waals surface area (Å²) in [5, 5.41) is 0. The number of hydrogen-bond donors (Lipinski definition) is 2. The Morgan fingerprint density at radius 1 is 0.227 bits per heavy atom. The van der Waals surface area contributed by atoms with E-state index in [1.54, 1.807) is 0 Å². The van der Waals surface area contributed by atoms with Crippen LogP contribution in [0.25, 0.3) is 0 Å². The molecule has 0 aliphatic rings. The summed E-state index contributed by atoms with van der Waals surface area (Å²) < 4.78 is 0. The van der Waals surface area contributed by atoms with Crippen molar-refractivity contribution in [1.82, 2.24) is 0 Å². The monoisotopic (exact) mass is 621 g/mol. The molecule has 0 heterocycles. The average molecular weight is 621 g/mol. The molecule has 0 bridgehead atoms. The molecule has 6 nitrogen and oxygen atoms in total. The maximum absolute atomic E-state index is 12.1. The second-order valence-corrected chi connectivity index (χ2v) is 13.4. The molecule has 0 unspecified atom stereocenters. The normalized spacial score (nSPS) is 11.2. The van der Waals surface area contributed by atoms with Gasteiger partial charge in [-0.05, 0) is 25.7 Å². The number of ketones is 2. The molecule has 258 valence electrons. The number of hydrogen-bond acceptors (Lipinski definition) is 4.